The van der Waals surface area contributed by atoms with Crippen LogP contribution in [-0.2, 0) is 18.3 Å². The second kappa shape index (κ2) is 25.5. The average molecular weight is 710 g/mol. The van der Waals surface area contributed by atoms with Crippen molar-refractivity contribution < 1.29 is 55.3 Å². The van der Waals surface area contributed by atoms with Crippen molar-refractivity contribution in [1.29, 1.82) is 0 Å². The summed E-state index contributed by atoms with van der Waals surface area (Å²) in [6, 6.07) is 3.03. The highest BCUT2D eigenvalue weighted by Gasteiger charge is 2.31. The summed E-state index contributed by atoms with van der Waals surface area (Å²) >= 11 is 0. The molecular formula is C30H73ClN2O8Si3. The maximum atomic E-state index is 10.4. The quantitative estimate of drug-likeness (QED) is 0.0614. The molecule has 3 unspecified atom stereocenters. The zero-order chi connectivity index (χ0) is 33.7. The van der Waals surface area contributed by atoms with Crippen molar-refractivity contribution >= 4 is 25.0 Å². The maximum Gasteiger partial charge on any atom is 0.182 e. The van der Waals surface area contributed by atoms with E-state index in [4.69, 9.17) is 18.3 Å². The lowest BCUT2D eigenvalue weighted by Gasteiger charge is -2.34. The van der Waals surface area contributed by atoms with Crippen LogP contribution in [0.15, 0.2) is 0 Å². The second-order valence-corrected chi connectivity index (χ2v) is 27.9. The van der Waals surface area contributed by atoms with Gasteiger partial charge in [0.25, 0.3) is 0 Å². The summed E-state index contributed by atoms with van der Waals surface area (Å²) < 4.78 is 23.4. The fourth-order valence-corrected chi connectivity index (χ4v) is 13.7. The summed E-state index contributed by atoms with van der Waals surface area (Å²) in [7, 11) is 2.67. The Labute approximate surface area is 280 Å². The van der Waals surface area contributed by atoms with Crippen molar-refractivity contribution in [3.63, 3.8) is 0 Å². The van der Waals surface area contributed by atoms with Gasteiger partial charge in [0.2, 0.25) is 0 Å². The van der Waals surface area contributed by atoms with Crippen LogP contribution < -0.4 is 12.4 Å². The Balaban J connectivity index is -0.00000118. The maximum absolute atomic E-state index is 10.4. The van der Waals surface area contributed by atoms with Gasteiger partial charge in [0, 0.05) is 26.4 Å². The number of halogens is 1. The summed E-state index contributed by atoms with van der Waals surface area (Å²) in [5.74, 6) is 0. The Bertz CT molecular complexity index is 675. The van der Waals surface area contributed by atoms with E-state index in [1.54, 1.807) is 0 Å². The molecule has 0 aliphatic heterocycles. The fourth-order valence-electron chi connectivity index (χ4n) is 4.68. The molecule has 0 bridgehead atoms. The van der Waals surface area contributed by atoms with Crippen molar-refractivity contribution in [2.75, 3.05) is 87.5 Å². The highest BCUT2D eigenvalue weighted by atomic mass is 35.5. The summed E-state index contributed by atoms with van der Waals surface area (Å²) in [4.78, 5) is 11.8. The van der Waals surface area contributed by atoms with Crippen molar-refractivity contribution in [2.45, 2.75) is 109 Å². The normalized spacial score (nSPS) is 14.9. The first-order chi connectivity index (χ1) is 19.6. The third-order valence-corrected chi connectivity index (χ3v) is 16.1. The number of quaternary nitrogens is 1. The van der Waals surface area contributed by atoms with Crippen LogP contribution in [0.3, 0.4) is 0 Å². The first-order valence-electron chi connectivity index (χ1n) is 16.3. The van der Waals surface area contributed by atoms with Crippen molar-refractivity contribution in [3.8, 4) is 0 Å². The molecule has 0 amide bonds. The lowest BCUT2D eigenvalue weighted by molar-refractivity contribution is -0.896. The van der Waals surface area contributed by atoms with Crippen molar-refractivity contribution in [3.05, 3.63) is 0 Å². The van der Waals surface area contributed by atoms with Crippen LogP contribution in [-0.4, -0.2) is 160 Å². The number of likely N-dealkylation sites (N-methyl/N-ethyl adjacent to an activating group) is 2. The molecule has 0 spiro atoms. The molecule has 270 valence electrons. The summed E-state index contributed by atoms with van der Waals surface area (Å²) in [5.41, 5.74) is 0. The van der Waals surface area contributed by atoms with Crippen LogP contribution in [0.1, 0.15) is 33.1 Å². The number of aliphatic hydroxyl groups excluding tert-OH is 3. The minimum absolute atomic E-state index is 0. The largest absolute Gasteiger partial charge is 1.00 e. The van der Waals surface area contributed by atoms with E-state index in [1.165, 1.54) is 0 Å². The van der Waals surface area contributed by atoms with Crippen LogP contribution in [0.5, 0.6) is 0 Å². The zero-order valence-corrected chi connectivity index (χ0v) is 34.3. The zero-order valence-electron chi connectivity index (χ0n) is 30.5. The second-order valence-electron chi connectivity index (χ2n) is 14.7. The van der Waals surface area contributed by atoms with Gasteiger partial charge in [0.1, 0.15) is 25.3 Å². The molecule has 0 saturated heterocycles. The molecule has 0 aromatic rings. The highest BCUT2D eigenvalue weighted by molar-refractivity contribution is 6.84. The molecule has 44 heavy (non-hydrogen) atoms. The number of nitrogens with zero attached hydrogens (tertiary/aromatic N) is 2. The van der Waals surface area contributed by atoms with Gasteiger partial charge in [0.15, 0.2) is 25.0 Å². The van der Waals surface area contributed by atoms with E-state index in [9.17, 15) is 20.1 Å². The molecule has 0 aromatic heterocycles. The molecule has 0 aromatic carbocycles. The number of hydrogen-bond donors (Lipinski definition) is 4. The van der Waals surface area contributed by atoms with E-state index in [0.717, 1.165) is 44.0 Å². The average Bonchev–Trinajstić information content (AvgIpc) is 2.81. The van der Waals surface area contributed by atoms with E-state index in [1.807, 2.05) is 46.2 Å². The number of ether oxygens (including phenoxy) is 3. The Hall–Kier alpha value is 0.541. The fraction of sp³-hybridized carbons (Fsp3) is 1.00. The van der Waals surface area contributed by atoms with Gasteiger partial charge in [-0.25, -0.2) is 0 Å². The van der Waals surface area contributed by atoms with Gasteiger partial charge in [-0.2, -0.15) is 0 Å². The number of rotatable bonds is 25. The number of aliphatic hydroxyl groups is 3. The van der Waals surface area contributed by atoms with Crippen LogP contribution in [0.4, 0.5) is 0 Å². The van der Waals surface area contributed by atoms with Gasteiger partial charge in [0.05, 0.1) is 40.0 Å². The van der Waals surface area contributed by atoms with Crippen LogP contribution in [0.25, 0.3) is 0 Å². The van der Waals surface area contributed by atoms with Crippen LogP contribution >= 0.6 is 0 Å². The van der Waals surface area contributed by atoms with Crippen LogP contribution in [0.2, 0.25) is 57.4 Å². The molecule has 10 nitrogen and oxygen atoms in total. The highest BCUT2D eigenvalue weighted by Crippen LogP contribution is 2.22. The lowest BCUT2D eigenvalue weighted by atomic mass is 10.2. The molecule has 0 aliphatic carbocycles. The van der Waals surface area contributed by atoms with E-state index >= 15 is 0 Å². The molecule has 14 heteroatoms. The Kier molecular flexibility index (Phi) is 28.4. The first-order valence-corrected chi connectivity index (χ1v) is 25.7. The monoisotopic (exact) mass is 708 g/mol. The van der Waals surface area contributed by atoms with Crippen LogP contribution in [0, 0.1) is 0 Å². The summed E-state index contributed by atoms with van der Waals surface area (Å²) in [6.07, 6.45) is 1.29. The third kappa shape index (κ3) is 33.9. The Morgan fingerprint density at radius 1 is 0.682 bits per heavy atom. The molecule has 0 heterocycles. The summed E-state index contributed by atoms with van der Waals surface area (Å²) in [6.45, 7) is 21.9. The van der Waals surface area contributed by atoms with E-state index < -0.39 is 37.2 Å². The Morgan fingerprint density at radius 3 is 1.52 bits per heavy atom. The SMILES string of the molecule is CCCOCC(O)CN(C)C.CC[Si](C)(C)O[Si](C)(C)CCCOCC(O)C[N+](C)(C)CC(O)COCCC[Si](C)(C)O.[Cl-]. The molecule has 0 fully saturated rings. The predicted molar refractivity (Wildman–Crippen MR) is 186 cm³/mol. The molecule has 0 aliphatic rings. The number of hydrogen-bond acceptors (Lipinski definition) is 9. The van der Waals surface area contributed by atoms with Gasteiger partial charge in [-0.15, -0.1) is 0 Å². The minimum atomic E-state index is -2.02. The first kappa shape index (κ1) is 48.9. The van der Waals surface area contributed by atoms with E-state index in [2.05, 4.69) is 40.0 Å². The van der Waals surface area contributed by atoms with Gasteiger partial charge in [-0.05, 0) is 90.8 Å². The molecule has 0 rings (SSSR count). The molecule has 4 N–H and O–H groups in total. The van der Waals surface area contributed by atoms with E-state index in [0.29, 0.717) is 50.5 Å². The van der Waals surface area contributed by atoms with E-state index in [-0.39, 0.29) is 25.1 Å². The lowest BCUT2D eigenvalue weighted by Crippen LogP contribution is -3.00. The standard InChI is InChI=1S/C22H54NO6Si3.C8H19NO2.ClH/c1-10-31(6,7)29-32(8,9)16-12-14-28-20-22(25)18-23(2,3)17-21(24)19-27-13-11-15-30(4,5)26;1-4-5-11-7-8(10)6-9(2)3;/h21-22,24-26H,10-20H2,1-9H3;8,10H,4-7H2,1-3H3;1H/q+1;;/p-1. The molecular weight excluding hydrogens is 636 g/mol. The third-order valence-electron chi connectivity index (χ3n) is 6.81. The molecule has 3 atom stereocenters. The van der Waals surface area contributed by atoms with Gasteiger partial charge in [-0.1, -0.05) is 13.8 Å². The van der Waals surface area contributed by atoms with Crippen molar-refractivity contribution in [2.24, 2.45) is 0 Å². The Morgan fingerprint density at radius 2 is 1.11 bits per heavy atom. The predicted octanol–water partition coefficient (Wildman–Crippen LogP) is 0.582. The summed E-state index contributed by atoms with van der Waals surface area (Å²) in [5, 5.41) is 29.9. The van der Waals surface area contributed by atoms with Gasteiger partial charge in [-0.3, -0.25) is 0 Å². The molecule has 0 saturated carbocycles. The topological polar surface area (TPSA) is 121 Å². The minimum Gasteiger partial charge on any atom is -1.00 e. The van der Waals surface area contributed by atoms with Crippen molar-refractivity contribution in [1.82, 2.24) is 4.90 Å². The molecule has 0 radical (unpaired) electrons. The van der Waals surface area contributed by atoms with Gasteiger partial charge >= 0.3 is 0 Å². The smallest absolute Gasteiger partial charge is 0.182 e. The van der Waals surface area contributed by atoms with Gasteiger partial charge < -0.3 is 60.2 Å².